The van der Waals surface area contributed by atoms with Gasteiger partial charge in [-0.1, -0.05) is 12.1 Å². The zero-order chi connectivity index (χ0) is 32.7. The number of carbonyl (C=O) groups excluding carboxylic acids is 5. The van der Waals surface area contributed by atoms with Crippen molar-refractivity contribution in [1.29, 1.82) is 0 Å². The van der Waals surface area contributed by atoms with E-state index in [1.807, 2.05) is 0 Å². The lowest BCUT2D eigenvalue weighted by Gasteiger charge is -2.26. The molecule has 0 fully saturated rings. The lowest BCUT2D eigenvalue weighted by molar-refractivity contribution is -0.141. The number of thiol groups is 2. The van der Waals surface area contributed by atoms with Crippen molar-refractivity contribution in [3.63, 3.8) is 0 Å². The van der Waals surface area contributed by atoms with E-state index in [2.05, 4.69) is 46.5 Å². The maximum absolute atomic E-state index is 13.4. The predicted molar refractivity (Wildman–Crippen MR) is 158 cm³/mol. The number of aromatic hydroxyl groups is 1. The topological polar surface area (TPSA) is 280 Å². The third-order valence-corrected chi connectivity index (χ3v) is 6.69. The second-order valence-corrected chi connectivity index (χ2v) is 10.1. The highest BCUT2D eigenvalue weighted by atomic mass is 32.1. The van der Waals surface area contributed by atoms with E-state index in [0.717, 1.165) is 0 Å². The standard InChI is InChI=1S/C25H36N6O10S2/c26-14(10-42)21(36)28-16(6-8-20(34)35)22(37)29-15(5-7-19(27)33)23(38)30-17(9-12-1-3-13(32)4-2-12)24(39)31-18(11-43)25(40)41/h1-4,14-18,32,42-43H,5-11,26H2,(H2,27,33)(H,28,36)(H,29,37)(H,30,38)(H,31,39)(H,34,35)(H,40,41)/t14-,15-,16-,17-,18-/m0/s1. The van der Waals surface area contributed by atoms with Crippen molar-refractivity contribution < 1.29 is 48.9 Å². The number of phenols is 1. The molecule has 5 atom stereocenters. The van der Waals surface area contributed by atoms with Gasteiger partial charge in [0.25, 0.3) is 0 Å². The minimum Gasteiger partial charge on any atom is -0.508 e. The maximum Gasteiger partial charge on any atom is 0.327 e. The monoisotopic (exact) mass is 644 g/mol. The summed E-state index contributed by atoms with van der Waals surface area (Å²) < 4.78 is 0. The number of amides is 5. The van der Waals surface area contributed by atoms with Crippen LogP contribution in [0.2, 0.25) is 0 Å². The molecule has 238 valence electrons. The molecule has 0 aliphatic heterocycles. The molecule has 0 aliphatic rings. The van der Waals surface area contributed by atoms with Gasteiger partial charge in [-0.2, -0.15) is 25.3 Å². The van der Waals surface area contributed by atoms with Crippen LogP contribution < -0.4 is 32.7 Å². The molecule has 0 bridgehead atoms. The molecule has 43 heavy (non-hydrogen) atoms. The summed E-state index contributed by atoms with van der Waals surface area (Å²) in [5, 5.41) is 37.3. The number of carboxylic acid groups (broad SMARTS) is 2. The van der Waals surface area contributed by atoms with E-state index >= 15 is 0 Å². The smallest absolute Gasteiger partial charge is 0.327 e. The second-order valence-electron chi connectivity index (χ2n) is 9.36. The van der Waals surface area contributed by atoms with E-state index in [4.69, 9.17) is 16.6 Å². The third kappa shape index (κ3) is 13.7. The summed E-state index contributed by atoms with van der Waals surface area (Å²) >= 11 is 7.82. The zero-order valence-electron chi connectivity index (χ0n) is 22.9. The molecule has 0 heterocycles. The van der Waals surface area contributed by atoms with Gasteiger partial charge >= 0.3 is 11.9 Å². The Kier molecular flexibility index (Phi) is 15.9. The molecular formula is C25H36N6O10S2. The Morgan fingerprint density at radius 3 is 1.63 bits per heavy atom. The van der Waals surface area contributed by atoms with Gasteiger partial charge in [-0.3, -0.25) is 28.8 Å². The van der Waals surface area contributed by atoms with Crippen molar-refractivity contribution in [3.05, 3.63) is 29.8 Å². The Balaban J connectivity index is 3.28. The van der Waals surface area contributed by atoms with E-state index in [-0.39, 0.29) is 42.9 Å². The normalized spacial score (nSPS) is 14.2. The van der Waals surface area contributed by atoms with Crippen molar-refractivity contribution in [2.24, 2.45) is 11.5 Å². The third-order valence-electron chi connectivity index (χ3n) is 5.93. The summed E-state index contributed by atoms with van der Waals surface area (Å²) in [6.07, 6.45) is -1.80. The number of aliphatic carboxylic acids is 2. The number of primary amides is 1. The highest BCUT2D eigenvalue weighted by Gasteiger charge is 2.32. The van der Waals surface area contributed by atoms with Crippen LogP contribution >= 0.6 is 25.3 Å². The Morgan fingerprint density at radius 2 is 1.16 bits per heavy atom. The molecule has 0 unspecified atom stereocenters. The summed E-state index contributed by atoms with van der Waals surface area (Å²) in [5.74, 6) is -7.54. The predicted octanol–water partition coefficient (Wildman–Crippen LogP) is -2.72. The molecule has 18 heteroatoms. The summed E-state index contributed by atoms with van der Waals surface area (Å²) in [5.41, 5.74) is 11.3. The lowest BCUT2D eigenvalue weighted by Crippen LogP contribution is -2.59. The highest BCUT2D eigenvalue weighted by Crippen LogP contribution is 2.12. The molecule has 0 spiro atoms. The van der Waals surface area contributed by atoms with Crippen LogP contribution in [-0.4, -0.2) is 98.5 Å². The van der Waals surface area contributed by atoms with E-state index < -0.39 is 78.1 Å². The molecule has 5 amide bonds. The fourth-order valence-corrected chi connectivity index (χ4v) is 3.95. The van der Waals surface area contributed by atoms with E-state index in [9.17, 15) is 43.8 Å². The maximum atomic E-state index is 13.4. The number of hydrogen-bond donors (Lipinski definition) is 11. The van der Waals surface area contributed by atoms with Gasteiger partial charge in [-0.05, 0) is 30.5 Å². The average molecular weight is 645 g/mol. The first-order chi connectivity index (χ1) is 20.2. The van der Waals surface area contributed by atoms with Gasteiger partial charge in [0, 0.05) is 30.8 Å². The molecule has 0 radical (unpaired) electrons. The highest BCUT2D eigenvalue weighted by molar-refractivity contribution is 7.80. The molecule has 1 rings (SSSR count). The van der Waals surface area contributed by atoms with E-state index in [1.165, 1.54) is 24.3 Å². The molecule has 11 N–H and O–H groups in total. The number of nitrogens with one attached hydrogen (secondary N) is 4. The number of carbonyl (C=O) groups is 7. The zero-order valence-corrected chi connectivity index (χ0v) is 24.7. The molecular weight excluding hydrogens is 608 g/mol. The van der Waals surface area contributed by atoms with Crippen LogP contribution in [0.4, 0.5) is 0 Å². The minimum atomic E-state index is -1.50. The Morgan fingerprint density at radius 1 is 0.698 bits per heavy atom. The van der Waals surface area contributed by atoms with Crippen molar-refractivity contribution in [2.45, 2.75) is 62.3 Å². The number of hydrogen-bond acceptors (Lipinski definition) is 11. The molecule has 0 aromatic heterocycles. The van der Waals surface area contributed by atoms with Gasteiger partial charge < -0.3 is 48.1 Å². The molecule has 1 aromatic carbocycles. The van der Waals surface area contributed by atoms with Crippen LogP contribution in [0.15, 0.2) is 24.3 Å². The van der Waals surface area contributed by atoms with Crippen LogP contribution in [0.3, 0.4) is 0 Å². The number of carboxylic acids is 2. The van der Waals surface area contributed by atoms with Crippen molar-refractivity contribution in [1.82, 2.24) is 21.3 Å². The summed E-state index contributed by atoms with van der Waals surface area (Å²) in [6, 6.07) is -1.27. The second kappa shape index (κ2) is 18.5. The minimum absolute atomic E-state index is 0.0658. The van der Waals surface area contributed by atoms with E-state index in [1.54, 1.807) is 0 Å². The largest absolute Gasteiger partial charge is 0.508 e. The van der Waals surface area contributed by atoms with Crippen LogP contribution in [0.1, 0.15) is 31.2 Å². The number of phenolic OH excluding ortho intramolecular Hbond substituents is 1. The molecule has 1 aromatic rings. The van der Waals surface area contributed by atoms with Gasteiger partial charge in [0.1, 0.15) is 29.9 Å². The average Bonchev–Trinajstić information content (AvgIpc) is 2.95. The molecule has 0 saturated heterocycles. The van der Waals surface area contributed by atoms with Crippen molar-refractivity contribution in [3.8, 4) is 5.75 Å². The van der Waals surface area contributed by atoms with Crippen molar-refractivity contribution >= 4 is 66.7 Å². The van der Waals surface area contributed by atoms with Crippen LogP contribution in [0.25, 0.3) is 0 Å². The number of benzene rings is 1. The fraction of sp³-hybridized carbons (Fsp3) is 0.480. The van der Waals surface area contributed by atoms with Crippen LogP contribution in [0, 0.1) is 0 Å². The van der Waals surface area contributed by atoms with Gasteiger partial charge in [0.15, 0.2) is 0 Å². The first-order valence-electron chi connectivity index (χ1n) is 12.9. The summed E-state index contributed by atoms with van der Waals surface area (Å²) in [7, 11) is 0. The summed E-state index contributed by atoms with van der Waals surface area (Å²) in [6.45, 7) is 0. The number of rotatable bonds is 19. The Hall–Kier alpha value is -4.03. The fourth-order valence-electron chi connectivity index (χ4n) is 3.53. The molecule has 16 nitrogen and oxygen atoms in total. The molecule has 0 saturated carbocycles. The van der Waals surface area contributed by atoms with Crippen LogP contribution in [0.5, 0.6) is 5.75 Å². The lowest BCUT2D eigenvalue weighted by atomic mass is 10.0. The van der Waals surface area contributed by atoms with Gasteiger partial charge in [-0.15, -0.1) is 0 Å². The Labute approximate surface area is 257 Å². The molecule has 0 aliphatic carbocycles. The van der Waals surface area contributed by atoms with Crippen LogP contribution in [-0.2, 0) is 40.0 Å². The van der Waals surface area contributed by atoms with Gasteiger partial charge in [-0.25, -0.2) is 4.79 Å². The Bertz CT molecular complexity index is 1170. The quantitative estimate of drug-likeness (QED) is 0.0688. The number of nitrogens with two attached hydrogens (primary N) is 2. The summed E-state index contributed by atoms with van der Waals surface area (Å²) in [4.78, 5) is 85.8. The van der Waals surface area contributed by atoms with Gasteiger partial charge in [0.05, 0.1) is 6.04 Å². The first kappa shape index (κ1) is 37.0. The van der Waals surface area contributed by atoms with Gasteiger partial charge in [0.2, 0.25) is 29.5 Å². The first-order valence-corrected chi connectivity index (χ1v) is 14.1. The SMILES string of the molecule is NC(=O)CC[C@H](NC(=O)[C@H](CCC(=O)O)NC(=O)[C@@H](N)CS)C(=O)N[C@@H](Cc1ccc(O)cc1)C(=O)N[C@@H](CS)C(=O)O. The van der Waals surface area contributed by atoms with Crippen molar-refractivity contribution in [2.75, 3.05) is 11.5 Å². The van der Waals surface area contributed by atoms with E-state index in [0.29, 0.717) is 5.56 Å².